The van der Waals surface area contributed by atoms with Crippen LogP contribution in [0.25, 0.3) is 0 Å². The van der Waals surface area contributed by atoms with Gasteiger partial charge in [0.2, 0.25) is 0 Å². The predicted octanol–water partition coefficient (Wildman–Crippen LogP) is 0.201. The van der Waals surface area contributed by atoms with Gasteiger partial charge in [0.15, 0.2) is 0 Å². The van der Waals surface area contributed by atoms with E-state index in [0.29, 0.717) is 10.7 Å². The summed E-state index contributed by atoms with van der Waals surface area (Å²) >= 11 is 0. The number of nitrogens with one attached hydrogen (secondary N) is 2. The van der Waals surface area contributed by atoms with Crippen LogP contribution in [-0.2, 0) is 0 Å². The molecule has 2 N–H and O–H groups in total. The van der Waals surface area contributed by atoms with Gasteiger partial charge < -0.3 is 5.43 Å². The van der Waals surface area contributed by atoms with Gasteiger partial charge in [-0.15, -0.1) is 0 Å². The number of hydrogen-bond donors (Lipinski definition) is 2. The fraction of sp³-hybridized carbons (Fsp3) is 0.111. The van der Waals surface area contributed by atoms with E-state index < -0.39 is 0 Å². The van der Waals surface area contributed by atoms with Crippen LogP contribution >= 0.6 is 0 Å². The molecule has 0 amide bonds. The zero-order chi connectivity index (χ0) is 8.81. The van der Waals surface area contributed by atoms with Crippen molar-refractivity contribution in [2.24, 2.45) is 5.10 Å². The van der Waals surface area contributed by atoms with Crippen LogP contribution in [0.15, 0.2) is 41.5 Å². The molecule has 3 nitrogen and oxygen atoms in total. The van der Waals surface area contributed by atoms with Crippen molar-refractivity contribution >= 4 is 0 Å². The van der Waals surface area contributed by atoms with Gasteiger partial charge in [-0.05, 0) is 12.1 Å². The SMILES string of the molecule is CN/N=c1/ccccccc1=N. The van der Waals surface area contributed by atoms with Crippen LogP contribution in [0.4, 0.5) is 0 Å². The van der Waals surface area contributed by atoms with Crippen molar-refractivity contribution in [2.75, 3.05) is 7.05 Å². The molecule has 1 aromatic rings. The minimum atomic E-state index is 0.407. The number of nitrogens with zero attached hydrogens (tertiary/aromatic N) is 1. The standard InChI is InChI=1S/C9H11N3/c1-11-12-9-7-5-3-2-4-6-8(9)10/h2-7,10-11H,1H3/b3-2?,6-4?,7-5?,10-8?,12-9-. The van der Waals surface area contributed by atoms with Gasteiger partial charge in [-0.25, -0.2) is 0 Å². The average molecular weight is 161 g/mol. The molecule has 1 aromatic carbocycles. The molecule has 3 heteroatoms. The minimum absolute atomic E-state index is 0.407. The van der Waals surface area contributed by atoms with Crippen LogP contribution in [0, 0.1) is 5.41 Å². The maximum Gasteiger partial charge on any atom is 0.108 e. The molecule has 0 atom stereocenters. The zero-order valence-corrected chi connectivity index (χ0v) is 6.91. The summed E-state index contributed by atoms with van der Waals surface area (Å²) in [6.07, 6.45) is 0. The summed E-state index contributed by atoms with van der Waals surface area (Å²) in [4.78, 5) is 0. The smallest absolute Gasteiger partial charge is 0.108 e. The number of hydrogen-bond acceptors (Lipinski definition) is 3. The first-order chi connectivity index (χ1) is 5.84. The van der Waals surface area contributed by atoms with Gasteiger partial charge in [0.05, 0.1) is 5.36 Å². The Kier molecular flexibility index (Phi) is 3.02. The normalized spacial score (nSPS) is 10.9. The van der Waals surface area contributed by atoms with E-state index in [1.54, 1.807) is 19.2 Å². The van der Waals surface area contributed by atoms with Crippen LogP contribution < -0.4 is 16.1 Å². The van der Waals surface area contributed by atoms with Crippen molar-refractivity contribution in [1.29, 1.82) is 5.41 Å². The topological polar surface area (TPSA) is 48.2 Å². The Morgan fingerprint density at radius 3 is 2.50 bits per heavy atom. The van der Waals surface area contributed by atoms with Crippen molar-refractivity contribution < 1.29 is 0 Å². The van der Waals surface area contributed by atoms with Gasteiger partial charge >= 0.3 is 0 Å². The van der Waals surface area contributed by atoms with E-state index in [0.717, 1.165) is 0 Å². The first-order valence-electron chi connectivity index (χ1n) is 3.69. The molecule has 0 aliphatic carbocycles. The second-order valence-electron chi connectivity index (χ2n) is 2.24. The van der Waals surface area contributed by atoms with Gasteiger partial charge in [-0.1, -0.05) is 24.3 Å². The largest absolute Gasteiger partial charge is 0.313 e. The quantitative estimate of drug-likeness (QED) is 0.568. The first kappa shape index (κ1) is 8.46. The highest BCUT2D eigenvalue weighted by Gasteiger charge is 1.78. The van der Waals surface area contributed by atoms with Gasteiger partial charge in [0.25, 0.3) is 0 Å². The summed E-state index contributed by atoms with van der Waals surface area (Å²) < 4.78 is 0. The summed E-state index contributed by atoms with van der Waals surface area (Å²) in [7, 11) is 1.71. The van der Waals surface area contributed by atoms with Crippen molar-refractivity contribution in [3.63, 3.8) is 0 Å². The Morgan fingerprint density at radius 2 is 1.83 bits per heavy atom. The lowest BCUT2D eigenvalue weighted by Gasteiger charge is -1.84. The first-order valence-corrected chi connectivity index (χ1v) is 3.69. The predicted molar refractivity (Wildman–Crippen MR) is 46.9 cm³/mol. The summed E-state index contributed by atoms with van der Waals surface area (Å²) in [5, 5.41) is 12.5. The van der Waals surface area contributed by atoms with Gasteiger partial charge in [-0.2, -0.15) is 5.10 Å². The molecule has 0 aromatic heterocycles. The van der Waals surface area contributed by atoms with E-state index in [-0.39, 0.29) is 0 Å². The van der Waals surface area contributed by atoms with E-state index >= 15 is 0 Å². The summed E-state index contributed by atoms with van der Waals surface area (Å²) in [5.74, 6) is 0. The Bertz CT molecular complexity index is 371. The van der Waals surface area contributed by atoms with E-state index in [9.17, 15) is 0 Å². The van der Waals surface area contributed by atoms with E-state index in [1.165, 1.54) is 0 Å². The molecule has 62 valence electrons. The highest BCUT2D eigenvalue weighted by Crippen LogP contribution is 1.71. The van der Waals surface area contributed by atoms with Crippen molar-refractivity contribution in [2.45, 2.75) is 0 Å². The lowest BCUT2D eigenvalue weighted by molar-refractivity contribution is 0.849. The molecule has 0 unspecified atom stereocenters. The molecule has 12 heavy (non-hydrogen) atoms. The maximum absolute atomic E-state index is 7.54. The second-order valence-corrected chi connectivity index (χ2v) is 2.24. The molecule has 0 heterocycles. The molecular weight excluding hydrogens is 150 g/mol. The monoisotopic (exact) mass is 161 g/mol. The molecule has 1 rings (SSSR count). The van der Waals surface area contributed by atoms with Crippen LogP contribution in [0.2, 0.25) is 0 Å². The highest BCUT2D eigenvalue weighted by molar-refractivity contribution is 4.98. The molecule has 0 spiro atoms. The lowest BCUT2D eigenvalue weighted by atomic mass is 10.3. The third kappa shape index (κ3) is 2.20. The Balaban J connectivity index is 3.42. The van der Waals surface area contributed by atoms with E-state index in [1.807, 2.05) is 24.3 Å². The van der Waals surface area contributed by atoms with Gasteiger partial charge in [0.1, 0.15) is 5.36 Å². The summed E-state index contributed by atoms with van der Waals surface area (Å²) in [6, 6.07) is 10.9. The van der Waals surface area contributed by atoms with Gasteiger partial charge in [0, 0.05) is 7.05 Å². The molecule has 0 bridgehead atoms. The van der Waals surface area contributed by atoms with E-state index in [2.05, 4.69) is 10.5 Å². The third-order valence-electron chi connectivity index (χ3n) is 1.36. The molecule has 0 radical (unpaired) electrons. The highest BCUT2D eigenvalue weighted by atomic mass is 15.3. The fourth-order valence-electron chi connectivity index (χ4n) is 0.820. The Labute approximate surface area is 70.9 Å². The fourth-order valence-corrected chi connectivity index (χ4v) is 0.820. The molecule has 0 aliphatic rings. The molecule has 0 saturated carbocycles. The van der Waals surface area contributed by atoms with Crippen molar-refractivity contribution in [3.05, 3.63) is 47.1 Å². The van der Waals surface area contributed by atoms with E-state index in [4.69, 9.17) is 5.41 Å². The van der Waals surface area contributed by atoms with Crippen molar-refractivity contribution in [1.82, 2.24) is 5.43 Å². The number of rotatable bonds is 1. The van der Waals surface area contributed by atoms with Crippen LogP contribution in [0.5, 0.6) is 0 Å². The summed E-state index contributed by atoms with van der Waals surface area (Å²) in [5.41, 5.74) is 2.65. The average Bonchev–Trinajstić information content (AvgIpc) is 2.05. The second kappa shape index (κ2) is 4.28. The van der Waals surface area contributed by atoms with Crippen LogP contribution in [0.3, 0.4) is 0 Å². The third-order valence-corrected chi connectivity index (χ3v) is 1.36. The summed E-state index contributed by atoms with van der Waals surface area (Å²) in [6.45, 7) is 0. The minimum Gasteiger partial charge on any atom is -0.313 e. The maximum atomic E-state index is 7.54. The van der Waals surface area contributed by atoms with Crippen molar-refractivity contribution in [3.8, 4) is 0 Å². The lowest BCUT2D eigenvalue weighted by Crippen LogP contribution is -2.24. The van der Waals surface area contributed by atoms with Gasteiger partial charge in [-0.3, -0.25) is 5.41 Å². The molecule has 0 aliphatic heterocycles. The molecule has 0 fully saturated rings. The molecular formula is C9H11N3. The molecule has 0 saturated heterocycles. The zero-order valence-electron chi connectivity index (χ0n) is 6.91. The Hall–Kier alpha value is -1.64. The van der Waals surface area contributed by atoms with Crippen LogP contribution in [0.1, 0.15) is 0 Å². The Morgan fingerprint density at radius 1 is 1.17 bits per heavy atom. The van der Waals surface area contributed by atoms with Crippen LogP contribution in [-0.4, -0.2) is 7.05 Å².